The van der Waals surface area contributed by atoms with Crippen molar-refractivity contribution in [2.45, 2.75) is 25.7 Å². The van der Waals surface area contributed by atoms with Crippen molar-refractivity contribution in [3.63, 3.8) is 0 Å². The van der Waals surface area contributed by atoms with E-state index in [1.807, 2.05) is 44.2 Å². The molecule has 2 aromatic heterocycles. The second-order valence-electron chi connectivity index (χ2n) is 7.31. The smallest absolute Gasteiger partial charge is 0.228 e. The highest BCUT2D eigenvalue weighted by atomic mass is 35.5. The summed E-state index contributed by atoms with van der Waals surface area (Å²) in [4.78, 5) is 25.5. The minimum absolute atomic E-state index is 0.0478. The standard InChI is InChI=1S/C22H21ClN4O2/c1-14-20(12-25-15(2)26-14)29-13-22(16-5-7-17(23)8-6-16)10-19(22)21(28)27-18-4-3-9-24-11-18/h3-9,11-12,19H,10,13H2,1-2H3,(H,27,28). The lowest BCUT2D eigenvalue weighted by atomic mass is 9.93. The molecular weight excluding hydrogens is 388 g/mol. The van der Waals surface area contributed by atoms with E-state index >= 15 is 0 Å². The molecule has 0 spiro atoms. The number of nitrogens with zero attached hydrogens (tertiary/aromatic N) is 3. The van der Waals surface area contributed by atoms with E-state index in [1.54, 1.807) is 24.7 Å². The summed E-state index contributed by atoms with van der Waals surface area (Å²) in [6.45, 7) is 4.08. The number of ether oxygens (including phenoxy) is 1. The predicted molar refractivity (Wildman–Crippen MR) is 111 cm³/mol. The molecule has 0 radical (unpaired) electrons. The van der Waals surface area contributed by atoms with Crippen molar-refractivity contribution in [2.75, 3.05) is 11.9 Å². The van der Waals surface area contributed by atoms with Gasteiger partial charge >= 0.3 is 0 Å². The zero-order valence-corrected chi connectivity index (χ0v) is 17.0. The Balaban J connectivity index is 1.56. The lowest BCUT2D eigenvalue weighted by molar-refractivity contribution is -0.117. The number of anilines is 1. The van der Waals surface area contributed by atoms with Gasteiger partial charge in [-0.2, -0.15) is 0 Å². The van der Waals surface area contributed by atoms with Crippen LogP contribution >= 0.6 is 11.6 Å². The van der Waals surface area contributed by atoms with Crippen LogP contribution in [0.5, 0.6) is 5.75 Å². The maximum atomic E-state index is 12.9. The molecule has 1 saturated carbocycles. The number of carbonyl (C=O) groups excluding carboxylic acids is 1. The summed E-state index contributed by atoms with van der Waals surface area (Å²) in [5.74, 6) is 1.06. The van der Waals surface area contributed by atoms with Crippen molar-refractivity contribution >= 4 is 23.2 Å². The van der Waals surface area contributed by atoms with Gasteiger partial charge in [0.25, 0.3) is 0 Å². The van der Waals surface area contributed by atoms with Crippen molar-refractivity contribution in [3.05, 3.63) is 77.1 Å². The summed E-state index contributed by atoms with van der Waals surface area (Å²) in [6.07, 6.45) is 5.67. The maximum Gasteiger partial charge on any atom is 0.228 e. The Bertz CT molecular complexity index is 1030. The largest absolute Gasteiger partial charge is 0.489 e. The highest BCUT2D eigenvalue weighted by Crippen LogP contribution is 2.55. The predicted octanol–water partition coefficient (Wildman–Crippen LogP) is 4.12. The molecule has 2 heterocycles. The number of hydrogen-bond acceptors (Lipinski definition) is 5. The van der Waals surface area contributed by atoms with Gasteiger partial charge in [-0.05, 0) is 50.1 Å². The van der Waals surface area contributed by atoms with Gasteiger partial charge in [-0.1, -0.05) is 23.7 Å². The molecule has 7 heteroatoms. The van der Waals surface area contributed by atoms with E-state index in [-0.39, 0.29) is 11.8 Å². The molecule has 1 aromatic carbocycles. The normalized spacial score (nSPS) is 20.2. The topological polar surface area (TPSA) is 77.0 Å². The number of pyridine rings is 1. The second-order valence-corrected chi connectivity index (χ2v) is 7.74. The quantitative estimate of drug-likeness (QED) is 0.664. The first-order valence-electron chi connectivity index (χ1n) is 9.38. The minimum atomic E-state index is -0.422. The molecule has 6 nitrogen and oxygen atoms in total. The second kappa shape index (κ2) is 7.79. The molecule has 1 fully saturated rings. The number of aromatic nitrogens is 3. The van der Waals surface area contributed by atoms with E-state index in [4.69, 9.17) is 16.3 Å². The van der Waals surface area contributed by atoms with Crippen LogP contribution in [0.3, 0.4) is 0 Å². The Kier molecular flexibility index (Phi) is 5.20. The van der Waals surface area contributed by atoms with Crippen LogP contribution in [0, 0.1) is 19.8 Å². The zero-order chi connectivity index (χ0) is 20.4. The third-order valence-electron chi connectivity index (χ3n) is 5.28. The van der Waals surface area contributed by atoms with Crippen LogP contribution in [-0.2, 0) is 10.2 Å². The molecule has 1 N–H and O–H groups in total. The van der Waals surface area contributed by atoms with Gasteiger partial charge in [0.05, 0.1) is 36.3 Å². The van der Waals surface area contributed by atoms with E-state index < -0.39 is 5.41 Å². The fourth-order valence-corrected chi connectivity index (χ4v) is 3.71. The van der Waals surface area contributed by atoms with Gasteiger partial charge < -0.3 is 10.1 Å². The fraction of sp³-hybridized carbons (Fsp3) is 0.273. The average molecular weight is 409 g/mol. The first-order valence-corrected chi connectivity index (χ1v) is 9.76. The molecule has 1 aliphatic rings. The van der Waals surface area contributed by atoms with Gasteiger partial charge in [-0.3, -0.25) is 9.78 Å². The summed E-state index contributed by atoms with van der Waals surface area (Å²) in [5, 5.41) is 3.61. The molecule has 2 unspecified atom stereocenters. The molecule has 1 amide bonds. The highest BCUT2D eigenvalue weighted by Gasteiger charge is 2.60. The highest BCUT2D eigenvalue weighted by molar-refractivity contribution is 6.30. The van der Waals surface area contributed by atoms with Crippen LogP contribution in [0.2, 0.25) is 5.02 Å². The lowest BCUT2D eigenvalue weighted by Crippen LogP contribution is -2.26. The summed E-state index contributed by atoms with van der Waals surface area (Å²) in [5.41, 5.74) is 2.06. The third-order valence-corrected chi connectivity index (χ3v) is 5.53. The zero-order valence-electron chi connectivity index (χ0n) is 16.2. The van der Waals surface area contributed by atoms with E-state index in [9.17, 15) is 4.79 Å². The minimum Gasteiger partial charge on any atom is -0.489 e. The average Bonchev–Trinajstić information content (AvgIpc) is 3.45. The fourth-order valence-electron chi connectivity index (χ4n) is 3.58. The molecule has 2 atom stereocenters. The molecule has 4 rings (SSSR count). The number of benzene rings is 1. The molecule has 0 saturated heterocycles. The lowest BCUT2D eigenvalue weighted by Gasteiger charge is -2.20. The summed E-state index contributed by atoms with van der Waals surface area (Å²) < 4.78 is 6.08. The maximum absolute atomic E-state index is 12.9. The molecule has 3 aromatic rings. The number of halogens is 1. The number of nitrogens with one attached hydrogen (secondary N) is 1. The van der Waals surface area contributed by atoms with E-state index in [0.717, 1.165) is 11.3 Å². The Morgan fingerprint density at radius 1 is 1.24 bits per heavy atom. The van der Waals surface area contributed by atoms with Crippen LogP contribution in [0.25, 0.3) is 0 Å². The number of hydrogen-bond donors (Lipinski definition) is 1. The van der Waals surface area contributed by atoms with Crippen molar-refractivity contribution < 1.29 is 9.53 Å². The van der Waals surface area contributed by atoms with Gasteiger partial charge in [0.15, 0.2) is 5.75 Å². The first kappa shape index (κ1) is 19.3. The van der Waals surface area contributed by atoms with E-state index in [0.29, 0.717) is 35.3 Å². The molecule has 29 heavy (non-hydrogen) atoms. The van der Waals surface area contributed by atoms with Gasteiger partial charge in [0.2, 0.25) is 5.91 Å². The summed E-state index contributed by atoms with van der Waals surface area (Å²) in [6, 6.07) is 11.2. The van der Waals surface area contributed by atoms with Crippen molar-refractivity contribution in [2.24, 2.45) is 5.92 Å². The van der Waals surface area contributed by atoms with Crippen LogP contribution in [0.1, 0.15) is 23.5 Å². The molecular formula is C22H21ClN4O2. The Labute approximate surface area is 174 Å². The number of aryl methyl sites for hydroxylation is 2. The van der Waals surface area contributed by atoms with Crippen molar-refractivity contribution in [1.29, 1.82) is 0 Å². The van der Waals surface area contributed by atoms with Gasteiger partial charge in [-0.15, -0.1) is 0 Å². The van der Waals surface area contributed by atoms with Crippen molar-refractivity contribution in [3.8, 4) is 5.75 Å². The van der Waals surface area contributed by atoms with Crippen LogP contribution in [-0.4, -0.2) is 27.5 Å². The van der Waals surface area contributed by atoms with Crippen molar-refractivity contribution in [1.82, 2.24) is 15.0 Å². The SMILES string of the molecule is Cc1ncc(OCC2(c3ccc(Cl)cc3)CC2C(=O)Nc2cccnc2)c(C)n1. The monoisotopic (exact) mass is 408 g/mol. The Morgan fingerprint density at radius 3 is 2.72 bits per heavy atom. The van der Waals surface area contributed by atoms with Crippen LogP contribution < -0.4 is 10.1 Å². The molecule has 148 valence electrons. The van der Waals surface area contributed by atoms with E-state index in [2.05, 4.69) is 20.3 Å². The Hall–Kier alpha value is -2.99. The number of amides is 1. The molecule has 1 aliphatic carbocycles. The van der Waals surface area contributed by atoms with Crippen LogP contribution in [0.15, 0.2) is 55.0 Å². The van der Waals surface area contributed by atoms with Gasteiger partial charge in [0, 0.05) is 16.6 Å². The molecule has 0 bridgehead atoms. The third kappa shape index (κ3) is 4.07. The van der Waals surface area contributed by atoms with E-state index in [1.165, 1.54) is 0 Å². The first-order chi connectivity index (χ1) is 14.0. The van der Waals surface area contributed by atoms with Gasteiger partial charge in [0.1, 0.15) is 5.82 Å². The Morgan fingerprint density at radius 2 is 2.03 bits per heavy atom. The van der Waals surface area contributed by atoms with Gasteiger partial charge in [-0.25, -0.2) is 9.97 Å². The number of rotatable bonds is 6. The summed E-state index contributed by atoms with van der Waals surface area (Å²) >= 11 is 6.06. The number of carbonyl (C=O) groups is 1. The molecule has 0 aliphatic heterocycles. The summed E-state index contributed by atoms with van der Waals surface area (Å²) in [7, 11) is 0. The van der Waals surface area contributed by atoms with Crippen LogP contribution in [0.4, 0.5) is 5.69 Å².